The highest BCUT2D eigenvalue weighted by atomic mass is 35.5. The summed E-state index contributed by atoms with van der Waals surface area (Å²) in [5, 5.41) is 8.94. The van der Waals surface area contributed by atoms with Crippen molar-refractivity contribution < 1.29 is 14.3 Å². The molecule has 0 aliphatic carbocycles. The SMILES string of the molecule is O=C(O)Cc1cc(F)ccc1-c1c(Cl)c(Cl)c(Cl)c(Cl)c1Cl. The molecule has 0 unspecified atom stereocenters. The lowest BCUT2D eigenvalue weighted by Gasteiger charge is -2.15. The molecule has 2 nitrogen and oxygen atoms in total. The van der Waals surface area contributed by atoms with Crippen LogP contribution in [0.5, 0.6) is 0 Å². The van der Waals surface area contributed by atoms with Gasteiger partial charge in [0.05, 0.1) is 31.5 Å². The molecule has 0 radical (unpaired) electrons. The van der Waals surface area contributed by atoms with E-state index in [1.807, 2.05) is 0 Å². The molecule has 0 aliphatic rings. The van der Waals surface area contributed by atoms with Crippen LogP contribution in [0.3, 0.4) is 0 Å². The van der Waals surface area contributed by atoms with E-state index >= 15 is 0 Å². The highest BCUT2D eigenvalue weighted by Crippen LogP contribution is 2.48. The van der Waals surface area contributed by atoms with Crippen LogP contribution in [0.25, 0.3) is 11.1 Å². The first-order valence-electron chi connectivity index (χ1n) is 5.76. The molecule has 2 rings (SSSR count). The lowest BCUT2D eigenvalue weighted by molar-refractivity contribution is -0.136. The summed E-state index contributed by atoms with van der Waals surface area (Å²) in [6.45, 7) is 0. The summed E-state index contributed by atoms with van der Waals surface area (Å²) in [7, 11) is 0. The van der Waals surface area contributed by atoms with E-state index in [0.29, 0.717) is 5.56 Å². The Hall–Kier alpha value is -0.710. The van der Waals surface area contributed by atoms with Crippen LogP contribution in [0.4, 0.5) is 4.39 Å². The van der Waals surface area contributed by atoms with E-state index in [2.05, 4.69) is 0 Å². The fourth-order valence-electron chi connectivity index (χ4n) is 1.96. The largest absolute Gasteiger partial charge is 0.481 e. The summed E-state index contributed by atoms with van der Waals surface area (Å²) in [5.41, 5.74) is 0.712. The minimum atomic E-state index is -1.13. The zero-order valence-electron chi connectivity index (χ0n) is 10.6. The van der Waals surface area contributed by atoms with Crippen LogP contribution in [-0.4, -0.2) is 11.1 Å². The van der Waals surface area contributed by atoms with Crippen LogP contribution >= 0.6 is 58.0 Å². The van der Waals surface area contributed by atoms with Crippen LogP contribution in [0, 0.1) is 5.82 Å². The number of benzene rings is 2. The smallest absolute Gasteiger partial charge is 0.307 e. The Morgan fingerprint density at radius 1 is 0.955 bits per heavy atom. The van der Waals surface area contributed by atoms with Crippen LogP contribution in [0.2, 0.25) is 25.1 Å². The molecule has 0 fully saturated rings. The Kier molecular flexibility index (Phi) is 5.46. The van der Waals surface area contributed by atoms with Gasteiger partial charge in [0.25, 0.3) is 0 Å². The van der Waals surface area contributed by atoms with Gasteiger partial charge in [0.2, 0.25) is 0 Å². The first-order valence-corrected chi connectivity index (χ1v) is 7.65. The van der Waals surface area contributed by atoms with Gasteiger partial charge in [-0.3, -0.25) is 4.79 Å². The molecule has 0 heterocycles. The van der Waals surface area contributed by atoms with E-state index in [0.717, 1.165) is 12.1 Å². The van der Waals surface area contributed by atoms with Gasteiger partial charge >= 0.3 is 5.97 Å². The Balaban J connectivity index is 2.80. The summed E-state index contributed by atoms with van der Waals surface area (Å²) in [5.74, 6) is -1.72. The quantitative estimate of drug-likeness (QED) is 0.477. The van der Waals surface area contributed by atoms with Gasteiger partial charge in [-0.1, -0.05) is 64.1 Å². The lowest BCUT2D eigenvalue weighted by atomic mass is 9.97. The first-order chi connectivity index (χ1) is 10.2. The standard InChI is InChI=1S/C14H6Cl5FO2/c15-10-9(11(16)13(18)14(19)12(10)17)7-2-1-6(20)3-5(7)4-8(21)22/h1-3H,4H2,(H,21,22). The fraction of sp³-hybridized carbons (Fsp3) is 0.0714. The second-order valence-corrected chi connectivity index (χ2v) is 6.21. The molecule has 0 bridgehead atoms. The maximum atomic E-state index is 13.4. The molecule has 0 amide bonds. The highest BCUT2D eigenvalue weighted by molar-refractivity contribution is 6.56. The summed E-state index contributed by atoms with van der Waals surface area (Å²) in [6, 6.07) is 3.61. The maximum Gasteiger partial charge on any atom is 0.307 e. The number of carboxylic acids is 1. The number of rotatable bonds is 3. The zero-order chi connectivity index (χ0) is 16.6. The third-order valence-corrected chi connectivity index (χ3v) is 5.16. The van der Waals surface area contributed by atoms with E-state index in [1.54, 1.807) is 0 Å². The predicted molar refractivity (Wildman–Crippen MR) is 88.2 cm³/mol. The zero-order valence-corrected chi connectivity index (χ0v) is 14.3. The van der Waals surface area contributed by atoms with Gasteiger partial charge in [0.15, 0.2) is 0 Å². The monoisotopic (exact) mass is 400 g/mol. The minimum absolute atomic E-state index is 0.0102. The van der Waals surface area contributed by atoms with Crippen LogP contribution in [0.1, 0.15) is 5.56 Å². The molecular formula is C14H6Cl5FO2. The van der Waals surface area contributed by atoms with E-state index in [-0.39, 0.29) is 36.2 Å². The Bertz CT molecular complexity index is 747. The molecule has 2 aromatic carbocycles. The number of halogens is 6. The van der Waals surface area contributed by atoms with Crippen molar-refractivity contribution in [2.24, 2.45) is 0 Å². The van der Waals surface area contributed by atoms with Crippen molar-refractivity contribution in [3.63, 3.8) is 0 Å². The van der Waals surface area contributed by atoms with Gasteiger partial charge in [-0.05, 0) is 23.3 Å². The van der Waals surface area contributed by atoms with Crippen molar-refractivity contribution in [1.82, 2.24) is 0 Å². The van der Waals surface area contributed by atoms with Crippen LogP contribution in [0.15, 0.2) is 18.2 Å². The fourth-order valence-corrected chi connectivity index (χ4v) is 3.30. The van der Waals surface area contributed by atoms with Gasteiger partial charge in [-0.25, -0.2) is 4.39 Å². The van der Waals surface area contributed by atoms with E-state index in [4.69, 9.17) is 63.1 Å². The average Bonchev–Trinajstić information content (AvgIpc) is 2.45. The van der Waals surface area contributed by atoms with Gasteiger partial charge < -0.3 is 5.11 Å². The Labute approximate surface area is 150 Å². The molecule has 0 aromatic heterocycles. The lowest BCUT2D eigenvalue weighted by Crippen LogP contribution is -2.03. The molecule has 1 N–H and O–H groups in total. The van der Waals surface area contributed by atoms with Gasteiger partial charge in [-0.2, -0.15) is 0 Å². The molecule has 8 heteroatoms. The average molecular weight is 402 g/mol. The second kappa shape index (κ2) is 6.81. The molecule has 116 valence electrons. The normalized spacial score (nSPS) is 10.8. The van der Waals surface area contributed by atoms with Crippen LogP contribution < -0.4 is 0 Å². The van der Waals surface area contributed by atoms with Crippen LogP contribution in [-0.2, 0) is 11.2 Å². The summed E-state index contributed by atoms with van der Waals surface area (Å²) >= 11 is 30.2. The third kappa shape index (κ3) is 3.29. The third-order valence-electron chi connectivity index (χ3n) is 2.89. The number of carboxylic acid groups (broad SMARTS) is 1. The van der Waals surface area contributed by atoms with Crippen molar-refractivity contribution in [3.8, 4) is 11.1 Å². The summed E-state index contributed by atoms with van der Waals surface area (Å²) in [6.07, 6.45) is -0.419. The van der Waals surface area contributed by atoms with Crippen molar-refractivity contribution in [1.29, 1.82) is 0 Å². The summed E-state index contributed by atoms with van der Waals surface area (Å²) < 4.78 is 13.4. The topological polar surface area (TPSA) is 37.3 Å². The van der Waals surface area contributed by atoms with Gasteiger partial charge in [-0.15, -0.1) is 0 Å². The number of hydrogen-bond acceptors (Lipinski definition) is 1. The van der Waals surface area contributed by atoms with Gasteiger partial charge in [0.1, 0.15) is 5.82 Å². The van der Waals surface area contributed by atoms with Crippen molar-refractivity contribution >= 4 is 64.0 Å². The van der Waals surface area contributed by atoms with E-state index < -0.39 is 18.2 Å². The van der Waals surface area contributed by atoms with Crippen molar-refractivity contribution in [2.75, 3.05) is 0 Å². The summed E-state index contributed by atoms with van der Waals surface area (Å²) in [4.78, 5) is 11.0. The Morgan fingerprint density at radius 2 is 1.45 bits per heavy atom. The first kappa shape index (κ1) is 17.6. The highest BCUT2D eigenvalue weighted by Gasteiger charge is 2.22. The molecule has 22 heavy (non-hydrogen) atoms. The second-order valence-electron chi connectivity index (χ2n) is 4.32. The number of aliphatic carboxylic acids is 1. The maximum absolute atomic E-state index is 13.4. The molecule has 2 aromatic rings. The number of carbonyl (C=O) groups is 1. The van der Waals surface area contributed by atoms with E-state index in [1.165, 1.54) is 6.07 Å². The predicted octanol–water partition coefficient (Wildman–Crippen LogP) is 6.39. The molecule has 0 atom stereocenters. The van der Waals surface area contributed by atoms with Gasteiger partial charge in [0, 0.05) is 5.56 Å². The molecule has 0 saturated heterocycles. The Morgan fingerprint density at radius 3 is 1.95 bits per heavy atom. The molecular weight excluding hydrogens is 396 g/mol. The number of hydrogen-bond donors (Lipinski definition) is 1. The molecule has 0 spiro atoms. The molecule has 0 saturated carbocycles. The van der Waals surface area contributed by atoms with Crippen molar-refractivity contribution in [3.05, 3.63) is 54.7 Å². The van der Waals surface area contributed by atoms with Crippen molar-refractivity contribution in [2.45, 2.75) is 6.42 Å². The minimum Gasteiger partial charge on any atom is -0.481 e. The molecule has 0 aliphatic heterocycles. The van der Waals surface area contributed by atoms with E-state index in [9.17, 15) is 9.18 Å².